The summed E-state index contributed by atoms with van der Waals surface area (Å²) in [6.07, 6.45) is 3.29. The summed E-state index contributed by atoms with van der Waals surface area (Å²) < 4.78 is 17.1. The van der Waals surface area contributed by atoms with Crippen molar-refractivity contribution >= 4 is 39.7 Å². The summed E-state index contributed by atoms with van der Waals surface area (Å²) in [6.45, 7) is 6.17. The van der Waals surface area contributed by atoms with E-state index in [1.54, 1.807) is 25.5 Å². The molecule has 0 atom stereocenters. The highest BCUT2D eigenvalue weighted by molar-refractivity contribution is 6.31. The topological polar surface area (TPSA) is 60.7 Å². The summed E-state index contributed by atoms with van der Waals surface area (Å²) in [5, 5.41) is 4.44. The zero-order valence-electron chi connectivity index (χ0n) is 19.6. The fraction of sp³-hybridized carbons (Fsp3) is 0.179. The fourth-order valence-corrected chi connectivity index (χ4v) is 4.01. The highest BCUT2D eigenvalue weighted by atomic mass is 35.5. The summed E-state index contributed by atoms with van der Waals surface area (Å²) in [5.74, 6) is 1.18. The number of nitrogens with one attached hydrogen (secondary N) is 1. The monoisotopic (exact) mass is 475 g/mol. The van der Waals surface area contributed by atoms with Gasteiger partial charge in [0.1, 0.15) is 17.1 Å². The number of hydrogen-bond donors (Lipinski definition) is 1. The molecule has 0 bridgehead atoms. The van der Waals surface area contributed by atoms with E-state index in [0.29, 0.717) is 28.6 Å². The Hall–Kier alpha value is -3.70. The molecule has 1 N–H and O–H groups in total. The summed E-state index contributed by atoms with van der Waals surface area (Å²) in [5.41, 5.74) is 5.70. The van der Waals surface area contributed by atoms with Gasteiger partial charge in [-0.05, 0) is 67.8 Å². The third-order valence-corrected chi connectivity index (χ3v) is 6.06. The molecule has 1 heterocycles. The summed E-state index contributed by atoms with van der Waals surface area (Å²) in [6, 6.07) is 17.1. The van der Waals surface area contributed by atoms with E-state index in [4.69, 9.17) is 25.5 Å². The molecule has 4 aromatic rings. The smallest absolute Gasteiger partial charge is 0.248 e. The number of carbonyl (C=O) groups is 1. The Balaban J connectivity index is 1.74. The molecule has 1 aromatic heterocycles. The van der Waals surface area contributed by atoms with Gasteiger partial charge < -0.3 is 19.2 Å². The molecule has 174 valence electrons. The number of fused-ring (bicyclic) bond motifs is 1. The Morgan fingerprint density at radius 1 is 1.15 bits per heavy atom. The van der Waals surface area contributed by atoms with Gasteiger partial charge in [-0.1, -0.05) is 29.8 Å². The zero-order chi connectivity index (χ0) is 24.2. The largest absolute Gasteiger partial charge is 0.497 e. The third-order valence-electron chi connectivity index (χ3n) is 5.65. The van der Waals surface area contributed by atoms with Crippen LogP contribution in [0.5, 0.6) is 11.5 Å². The lowest BCUT2D eigenvalue weighted by molar-refractivity contribution is -0.111. The number of methoxy groups -OCH3 is 1. The quantitative estimate of drug-likeness (QED) is 0.281. The maximum Gasteiger partial charge on any atom is 0.248 e. The lowest BCUT2D eigenvalue weighted by atomic mass is 9.99. The number of anilines is 1. The maximum atomic E-state index is 12.8. The van der Waals surface area contributed by atoms with Crippen molar-refractivity contribution in [2.45, 2.75) is 20.8 Å². The van der Waals surface area contributed by atoms with Gasteiger partial charge in [0.05, 0.1) is 20.0 Å². The van der Waals surface area contributed by atoms with Crippen molar-refractivity contribution in [3.63, 3.8) is 0 Å². The van der Waals surface area contributed by atoms with Gasteiger partial charge in [0, 0.05) is 39.4 Å². The van der Waals surface area contributed by atoms with Crippen LogP contribution in [0.25, 0.3) is 27.7 Å². The average molecular weight is 476 g/mol. The van der Waals surface area contributed by atoms with E-state index in [1.165, 1.54) is 0 Å². The Kier molecular flexibility index (Phi) is 6.94. The zero-order valence-corrected chi connectivity index (χ0v) is 20.3. The second kappa shape index (κ2) is 10.1. The van der Waals surface area contributed by atoms with E-state index in [-0.39, 0.29) is 5.91 Å². The second-order valence-electron chi connectivity index (χ2n) is 7.89. The third kappa shape index (κ3) is 4.80. The lowest BCUT2D eigenvalue weighted by Gasteiger charge is -2.12. The van der Waals surface area contributed by atoms with Gasteiger partial charge in [-0.2, -0.15) is 0 Å². The Morgan fingerprint density at radius 3 is 2.71 bits per heavy atom. The van der Waals surface area contributed by atoms with Crippen LogP contribution in [-0.4, -0.2) is 19.6 Å². The summed E-state index contributed by atoms with van der Waals surface area (Å²) in [4.78, 5) is 12.8. The number of amides is 1. The number of carbonyl (C=O) groups excluding carboxylic acids is 1. The molecule has 34 heavy (non-hydrogen) atoms. The van der Waals surface area contributed by atoms with Crippen LogP contribution in [0.1, 0.15) is 25.0 Å². The maximum absolute atomic E-state index is 12.8. The van der Waals surface area contributed by atoms with E-state index >= 15 is 0 Å². The van der Waals surface area contributed by atoms with Crippen molar-refractivity contribution in [3.05, 3.63) is 83.1 Å². The SMILES string of the molecule is CCOc1cc2occ(-c3cccc(OC)c3)c2cc1/C(C)=C/C(=O)Nc1cccc(Cl)c1C. The first kappa shape index (κ1) is 23.5. The number of benzene rings is 3. The Bertz CT molecular complexity index is 1390. The van der Waals surface area contributed by atoms with Crippen molar-refractivity contribution in [2.24, 2.45) is 0 Å². The van der Waals surface area contributed by atoms with Gasteiger partial charge in [-0.3, -0.25) is 4.79 Å². The molecule has 0 saturated carbocycles. The summed E-state index contributed by atoms with van der Waals surface area (Å²) >= 11 is 6.18. The molecule has 3 aromatic carbocycles. The molecule has 0 unspecified atom stereocenters. The van der Waals surface area contributed by atoms with Crippen LogP contribution in [0, 0.1) is 6.92 Å². The molecule has 4 rings (SSSR count). The highest BCUT2D eigenvalue weighted by Crippen LogP contribution is 2.38. The lowest BCUT2D eigenvalue weighted by Crippen LogP contribution is -2.10. The standard InChI is InChI=1S/C28H26ClNO4/c1-5-33-26-15-27-22(23(16-34-27)19-8-6-9-20(13-19)32-4)14-21(26)17(2)12-28(31)30-25-11-7-10-24(29)18(25)3/h6-16H,5H2,1-4H3,(H,30,31)/b17-12+. The van der Waals surface area contributed by atoms with Gasteiger partial charge in [0.2, 0.25) is 5.91 Å². The van der Waals surface area contributed by atoms with E-state index in [0.717, 1.165) is 39.0 Å². The van der Waals surface area contributed by atoms with Gasteiger partial charge in [0.25, 0.3) is 0 Å². The number of allylic oxidation sites excluding steroid dienone is 1. The predicted molar refractivity (Wildman–Crippen MR) is 138 cm³/mol. The van der Waals surface area contributed by atoms with Crippen LogP contribution in [0.4, 0.5) is 5.69 Å². The van der Waals surface area contributed by atoms with Crippen LogP contribution in [0.15, 0.2) is 71.4 Å². The molecule has 0 saturated heterocycles. The molecule has 1 amide bonds. The number of ether oxygens (including phenoxy) is 2. The molecule has 5 nitrogen and oxygen atoms in total. The molecular weight excluding hydrogens is 450 g/mol. The van der Waals surface area contributed by atoms with Gasteiger partial charge in [-0.15, -0.1) is 0 Å². The minimum absolute atomic E-state index is 0.245. The van der Waals surface area contributed by atoms with Crippen LogP contribution < -0.4 is 14.8 Å². The van der Waals surface area contributed by atoms with Crippen LogP contribution in [-0.2, 0) is 4.79 Å². The van der Waals surface area contributed by atoms with E-state index < -0.39 is 0 Å². The fourth-order valence-electron chi connectivity index (χ4n) is 3.84. The van der Waals surface area contributed by atoms with Crippen molar-refractivity contribution in [2.75, 3.05) is 19.0 Å². The molecule has 0 aliphatic heterocycles. The first-order valence-electron chi connectivity index (χ1n) is 11.0. The first-order valence-corrected chi connectivity index (χ1v) is 11.4. The number of rotatable bonds is 7. The van der Waals surface area contributed by atoms with E-state index in [9.17, 15) is 4.79 Å². The van der Waals surface area contributed by atoms with Crippen molar-refractivity contribution in [1.82, 2.24) is 0 Å². The van der Waals surface area contributed by atoms with Crippen molar-refractivity contribution in [3.8, 4) is 22.6 Å². The van der Waals surface area contributed by atoms with Crippen molar-refractivity contribution < 1.29 is 18.7 Å². The second-order valence-corrected chi connectivity index (χ2v) is 8.30. The normalized spacial score (nSPS) is 11.5. The number of halogens is 1. The Morgan fingerprint density at radius 2 is 1.94 bits per heavy atom. The minimum Gasteiger partial charge on any atom is -0.497 e. The molecule has 0 aliphatic rings. The first-order chi connectivity index (χ1) is 16.4. The molecule has 0 aliphatic carbocycles. The minimum atomic E-state index is -0.245. The predicted octanol–water partition coefficient (Wildman–Crippen LogP) is 7.51. The van der Waals surface area contributed by atoms with Crippen LogP contribution in [0.3, 0.4) is 0 Å². The van der Waals surface area contributed by atoms with Crippen molar-refractivity contribution in [1.29, 1.82) is 0 Å². The Labute approximate surface area is 203 Å². The highest BCUT2D eigenvalue weighted by Gasteiger charge is 2.16. The molecule has 6 heteroatoms. The molecular formula is C28H26ClNO4. The number of furan rings is 1. The summed E-state index contributed by atoms with van der Waals surface area (Å²) in [7, 11) is 1.64. The molecule has 0 radical (unpaired) electrons. The molecule has 0 fully saturated rings. The van der Waals surface area contributed by atoms with E-state index in [2.05, 4.69) is 5.32 Å². The molecule has 0 spiro atoms. The van der Waals surface area contributed by atoms with Gasteiger partial charge in [0.15, 0.2) is 0 Å². The number of hydrogen-bond acceptors (Lipinski definition) is 4. The van der Waals surface area contributed by atoms with E-state index in [1.807, 2.05) is 69.3 Å². The average Bonchev–Trinajstić information content (AvgIpc) is 3.24. The van der Waals surface area contributed by atoms with Gasteiger partial charge >= 0.3 is 0 Å². The van der Waals surface area contributed by atoms with Gasteiger partial charge in [-0.25, -0.2) is 0 Å². The van der Waals surface area contributed by atoms with Crippen LogP contribution in [0.2, 0.25) is 5.02 Å². The van der Waals surface area contributed by atoms with Crippen LogP contribution >= 0.6 is 11.6 Å².